The standard InChI is InChI=1S/C13H13N3O4/c1-7-9-5-8(6-14-11(9)20-15-7)12(17)16-4-2-3-10(16)13(18)19/h5-6,10H,2-4H2,1H3,(H,18,19). The Morgan fingerprint density at radius 3 is 3.05 bits per heavy atom. The van der Waals surface area contributed by atoms with Crippen LogP contribution < -0.4 is 0 Å². The molecule has 1 saturated heterocycles. The number of carboxylic acids is 1. The molecule has 0 spiro atoms. The number of aromatic nitrogens is 2. The van der Waals surface area contributed by atoms with Crippen molar-refractivity contribution in [3.8, 4) is 0 Å². The molecule has 0 saturated carbocycles. The van der Waals surface area contributed by atoms with Gasteiger partial charge in [0.25, 0.3) is 11.6 Å². The molecule has 3 rings (SSSR count). The zero-order valence-electron chi connectivity index (χ0n) is 10.9. The largest absolute Gasteiger partial charge is 0.480 e. The van der Waals surface area contributed by atoms with E-state index >= 15 is 0 Å². The molecule has 0 bridgehead atoms. The van der Waals surface area contributed by atoms with E-state index in [0.29, 0.717) is 41.7 Å². The lowest BCUT2D eigenvalue weighted by atomic mass is 10.1. The number of hydrogen-bond donors (Lipinski definition) is 1. The number of fused-ring (bicyclic) bond motifs is 1. The molecule has 1 fully saturated rings. The normalized spacial score (nSPS) is 18.6. The second kappa shape index (κ2) is 4.59. The molecular weight excluding hydrogens is 262 g/mol. The van der Waals surface area contributed by atoms with Crippen molar-refractivity contribution in [2.24, 2.45) is 0 Å². The number of rotatable bonds is 2. The number of hydrogen-bond acceptors (Lipinski definition) is 5. The molecule has 7 heteroatoms. The highest BCUT2D eigenvalue weighted by molar-refractivity contribution is 5.99. The van der Waals surface area contributed by atoms with E-state index in [2.05, 4.69) is 10.1 Å². The molecule has 1 N–H and O–H groups in total. The van der Waals surface area contributed by atoms with Gasteiger partial charge in [0.2, 0.25) is 0 Å². The van der Waals surface area contributed by atoms with Gasteiger partial charge in [-0.1, -0.05) is 5.16 Å². The Morgan fingerprint density at radius 2 is 2.30 bits per heavy atom. The van der Waals surface area contributed by atoms with Gasteiger partial charge in [-0.05, 0) is 25.8 Å². The number of likely N-dealkylation sites (tertiary alicyclic amines) is 1. The fourth-order valence-corrected chi connectivity index (χ4v) is 2.49. The van der Waals surface area contributed by atoms with Crippen molar-refractivity contribution in [2.45, 2.75) is 25.8 Å². The highest BCUT2D eigenvalue weighted by atomic mass is 16.5. The van der Waals surface area contributed by atoms with Crippen LogP contribution in [0.2, 0.25) is 0 Å². The van der Waals surface area contributed by atoms with E-state index in [0.717, 1.165) is 0 Å². The number of nitrogens with zero attached hydrogens (tertiary/aromatic N) is 3. The van der Waals surface area contributed by atoms with Gasteiger partial charge >= 0.3 is 5.97 Å². The monoisotopic (exact) mass is 275 g/mol. The van der Waals surface area contributed by atoms with Crippen LogP contribution in [0.25, 0.3) is 11.1 Å². The van der Waals surface area contributed by atoms with E-state index in [4.69, 9.17) is 9.63 Å². The Bertz CT molecular complexity index is 694. The third-order valence-corrected chi connectivity index (χ3v) is 3.56. The third-order valence-electron chi connectivity index (χ3n) is 3.56. The maximum Gasteiger partial charge on any atom is 0.326 e. The van der Waals surface area contributed by atoms with Crippen LogP contribution in [0, 0.1) is 6.92 Å². The van der Waals surface area contributed by atoms with Crippen molar-refractivity contribution >= 4 is 23.0 Å². The Morgan fingerprint density at radius 1 is 1.50 bits per heavy atom. The summed E-state index contributed by atoms with van der Waals surface area (Å²) in [5.41, 5.74) is 1.38. The number of carboxylic acid groups (broad SMARTS) is 1. The number of pyridine rings is 1. The topological polar surface area (TPSA) is 96.5 Å². The van der Waals surface area contributed by atoms with Crippen molar-refractivity contribution < 1.29 is 19.2 Å². The maximum absolute atomic E-state index is 12.4. The van der Waals surface area contributed by atoms with Crippen molar-refractivity contribution in [1.82, 2.24) is 15.0 Å². The number of carbonyl (C=O) groups excluding carboxylic acids is 1. The summed E-state index contributed by atoms with van der Waals surface area (Å²) in [5.74, 6) is -1.28. The Labute approximate surface area is 114 Å². The average molecular weight is 275 g/mol. The highest BCUT2D eigenvalue weighted by Crippen LogP contribution is 2.22. The van der Waals surface area contributed by atoms with Gasteiger partial charge in [-0.3, -0.25) is 4.79 Å². The minimum Gasteiger partial charge on any atom is -0.480 e. The van der Waals surface area contributed by atoms with Gasteiger partial charge in [0.15, 0.2) is 0 Å². The zero-order chi connectivity index (χ0) is 14.3. The molecule has 1 aliphatic heterocycles. The summed E-state index contributed by atoms with van der Waals surface area (Å²) in [7, 11) is 0. The van der Waals surface area contributed by atoms with Crippen molar-refractivity contribution in [3.63, 3.8) is 0 Å². The van der Waals surface area contributed by atoms with E-state index in [-0.39, 0.29) is 5.91 Å². The quantitative estimate of drug-likeness (QED) is 0.885. The fourth-order valence-electron chi connectivity index (χ4n) is 2.49. The summed E-state index contributed by atoms with van der Waals surface area (Å²) in [6.45, 7) is 2.22. The molecule has 0 aliphatic carbocycles. The van der Waals surface area contributed by atoms with Gasteiger partial charge in [0.1, 0.15) is 6.04 Å². The Kier molecular flexibility index (Phi) is 2.89. The van der Waals surface area contributed by atoms with Crippen LogP contribution in [0.15, 0.2) is 16.8 Å². The number of aliphatic carboxylic acids is 1. The number of amides is 1. The van der Waals surface area contributed by atoms with Crippen LogP contribution in [0.1, 0.15) is 28.9 Å². The van der Waals surface area contributed by atoms with E-state index in [9.17, 15) is 9.59 Å². The molecular formula is C13H13N3O4. The van der Waals surface area contributed by atoms with E-state index < -0.39 is 12.0 Å². The lowest BCUT2D eigenvalue weighted by Gasteiger charge is -2.21. The second-order valence-electron chi connectivity index (χ2n) is 4.84. The van der Waals surface area contributed by atoms with Crippen LogP contribution in [-0.2, 0) is 4.79 Å². The SMILES string of the molecule is Cc1noc2ncc(C(=O)N3CCCC3C(=O)O)cc12. The molecule has 7 nitrogen and oxygen atoms in total. The van der Waals surface area contributed by atoms with Gasteiger partial charge in [-0.25, -0.2) is 9.78 Å². The van der Waals surface area contributed by atoms with Crippen molar-refractivity contribution in [3.05, 3.63) is 23.5 Å². The summed E-state index contributed by atoms with van der Waals surface area (Å²) < 4.78 is 4.99. The Hall–Kier alpha value is -2.44. The first-order valence-corrected chi connectivity index (χ1v) is 6.33. The van der Waals surface area contributed by atoms with Gasteiger partial charge in [-0.15, -0.1) is 0 Å². The smallest absolute Gasteiger partial charge is 0.326 e. The van der Waals surface area contributed by atoms with E-state index in [1.807, 2.05) is 0 Å². The highest BCUT2D eigenvalue weighted by Gasteiger charge is 2.34. The predicted octanol–water partition coefficient (Wildman–Crippen LogP) is 1.22. The summed E-state index contributed by atoms with van der Waals surface area (Å²) >= 11 is 0. The van der Waals surface area contributed by atoms with E-state index in [1.54, 1.807) is 13.0 Å². The molecule has 1 atom stereocenters. The lowest BCUT2D eigenvalue weighted by Crippen LogP contribution is -2.40. The van der Waals surface area contributed by atoms with Crippen molar-refractivity contribution in [2.75, 3.05) is 6.54 Å². The first-order valence-electron chi connectivity index (χ1n) is 6.33. The van der Waals surface area contributed by atoms with Gasteiger partial charge < -0.3 is 14.5 Å². The summed E-state index contributed by atoms with van der Waals surface area (Å²) in [4.78, 5) is 29.0. The number of carbonyl (C=O) groups is 2. The zero-order valence-corrected chi connectivity index (χ0v) is 10.9. The first kappa shape index (κ1) is 12.6. The van der Waals surface area contributed by atoms with Crippen LogP contribution in [0.3, 0.4) is 0 Å². The maximum atomic E-state index is 12.4. The molecule has 20 heavy (non-hydrogen) atoms. The van der Waals surface area contributed by atoms with Gasteiger partial charge in [-0.2, -0.15) is 0 Å². The molecule has 2 aromatic heterocycles. The molecule has 1 aliphatic rings. The average Bonchev–Trinajstić information content (AvgIpc) is 3.05. The fraction of sp³-hybridized carbons (Fsp3) is 0.385. The molecule has 3 heterocycles. The van der Waals surface area contributed by atoms with Crippen molar-refractivity contribution in [1.29, 1.82) is 0 Å². The van der Waals surface area contributed by atoms with Crippen LogP contribution in [0.4, 0.5) is 0 Å². The summed E-state index contributed by atoms with van der Waals surface area (Å²) in [5, 5.41) is 13.6. The lowest BCUT2D eigenvalue weighted by molar-refractivity contribution is -0.141. The molecule has 0 radical (unpaired) electrons. The summed E-state index contributed by atoms with van der Waals surface area (Å²) in [6.07, 6.45) is 2.58. The summed E-state index contributed by atoms with van der Waals surface area (Å²) in [6, 6.07) is 0.898. The molecule has 104 valence electrons. The molecule has 2 aromatic rings. The Balaban J connectivity index is 1.95. The first-order chi connectivity index (χ1) is 9.58. The van der Waals surface area contributed by atoms with Gasteiger partial charge in [0.05, 0.1) is 16.6 Å². The minimum atomic E-state index is -0.967. The molecule has 1 unspecified atom stereocenters. The minimum absolute atomic E-state index is 0.315. The van der Waals surface area contributed by atoms with Crippen LogP contribution in [0.5, 0.6) is 0 Å². The predicted molar refractivity (Wildman–Crippen MR) is 68.2 cm³/mol. The van der Waals surface area contributed by atoms with Gasteiger partial charge in [0, 0.05) is 12.7 Å². The molecule has 0 aromatic carbocycles. The third kappa shape index (κ3) is 1.91. The van der Waals surface area contributed by atoms with E-state index in [1.165, 1.54) is 11.1 Å². The van der Waals surface area contributed by atoms with Crippen LogP contribution >= 0.6 is 0 Å². The van der Waals surface area contributed by atoms with Crippen LogP contribution in [-0.4, -0.2) is 44.6 Å². The second-order valence-corrected chi connectivity index (χ2v) is 4.84. The number of aryl methyl sites for hydroxylation is 1. The molecule has 1 amide bonds.